The molecule has 7 heteroatoms. The highest BCUT2D eigenvalue weighted by atomic mass is 17.3. The molecule has 0 unspecified atom stereocenters. The van der Waals surface area contributed by atoms with Crippen molar-refractivity contribution in [2.45, 2.75) is 97.1 Å². The lowest BCUT2D eigenvalue weighted by Crippen LogP contribution is -2.70. The lowest BCUT2D eigenvalue weighted by atomic mass is 9.58. The largest absolute Gasteiger partial charge is 0.435 e. The van der Waals surface area contributed by atoms with Gasteiger partial charge in [-0.05, 0) is 38.0 Å². The van der Waals surface area contributed by atoms with Crippen molar-refractivity contribution in [3.05, 3.63) is 0 Å². The SMILES string of the molecule is CC(C)C(=O)CCC(=O)O[C@@H]1O[C@@H]2O[C@]3(C)CC[C@H]4[C@H](C)CC[C@@H]([C@H]1C)[C@@]24OO3. The minimum Gasteiger partial charge on any atom is -0.435 e. The van der Waals surface area contributed by atoms with Gasteiger partial charge in [0.2, 0.25) is 12.1 Å². The van der Waals surface area contributed by atoms with Crippen molar-refractivity contribution in [3.8, 4) is 0 Å². The first-order chi connectivity index (χ1) is 13.7. The number of ether oxygens (including phenoxy) is 3. The van der Waals surface area contributed by atoms with Gasteiger partial charge in [0.1, 0.15) is 5.78 Å². The molecule has 1 saturated carbocycles. The Balaban J connectivity index is 1.52. The molecule has 0 N–H and O–H groups in total. The molecule has 1 aliphatic carbocycles. The first kappa shape index (κ1) is 21.2. The Kier molecular flexibility index (Phi) is 5.55. The van der Waals surface area contributed by atoms with Crippen LogP contribution in [0.5, 0.6) is 0 Å². The van der Waals surface area contributed by atoms with Gasteiger partial charge in [-0.3, -0.25) is 9.59 Å². The zero-order chi connectivity index (χ0) is 21.0. The topological polar surface area (TPSA) is 80.3 Å². The molecule has 0 radical (unpaired) electrons. The van der Waals surface area contributed by atoms with Crippen LogP contribution in [-0.4, -0.2) is 35.7 Å². The molecule has 5 rings (SSSR count). The quantitative estimate of drug-likeness (QED) is 0.504. The summed E-state index contributed by atoms with van der Waals surface area (Å²) >= 11 is 0. The van der Waals surface area contributed by atoms with E-state index < -0.39 is 29.9 Å². The number of ketones is 1. The van der Waals surface area contributed by atoms with Gasteiger partial charge in [-0.25, -0.2) is 9.78 Å². The van der Waals surface area contributed by atoms with E-state index in [1.54, 1.807) is 0 Å². The average Bonchev–Trinajstić information content (AvgIpc) is 2.90. The summed E-state index contributed by atoms with van der Waals surface area (Å²) in [6.45, 7) is 9.85. The highest BCUT2D eigenvalue weighted by Crippen LogP contribution is 2.60. The van der Waals surface area contributed by atoms with Crippen LogP contribution in [0, 0.1) is 29.6 Å². The number of carbonyl (C=O) groups is 2. The van der Waals surface area contributed by atoms with Crippen LogP contribution in [0.3, 0.4) is 0 Å². The summed E-state index contributed by atoms with van der Waals surface area (Å²) < 4.78 is 18.2. The molecule has 5 aliphatic rings. The van der Waals surface area contributed by atoms with E-state index >= 15 is 0 Å². The van der Waals surface area contributed by atoms with Crippen LogP contribution < -0.4 is 0 Å². The van der Waals surface area contributed by atoms with E-state index in [1.807, 2.05) is 27.7 Å². The second kappa shape index (κ2) is 7.59. The zero-order valence-corrected chi connectivity index (χ0v) is 18.1. The molecule has 0 aromatic heterocycles. The maximum Gasteiger partial charge on any atom is 0.308 e. The third kappa shape index (κ3) is 3.54. The van der Waals surface area contributed by atoms with E-state index in [4.69, 9.17) is 24.0 Å². The maximum absolute atomic E-state index is 12.4. The standard InChI is InChI=1S/C22H34O7/c1-12(2)17(23)8-9-18(24)25-19-14(4)16-7-6-13(3)15-10-11-21(5)27-20(26-19)22(15,16)29-28-21/h12-16,19-20H,6-11H2,1-5H3/t13-,14-,15+,16+,19-,20-,21+,22-/m1/s1. The summed E-state index contributed by atoms with van der Waals surface area (Å²) in [5.41, 5.74) is -0.663. The lowest BCUT2D eigenvalue weighted by Gasteiger charge is -2.59. The highest BCUT2D eigenvalue weighted by Gasteiger charge is 2.69. The molecule has 4 saturated heterocycles. The fourth-order valence-electron chi connectivity index (χ4n) is 5.71. The molecule has 8 atom stereocenters. The number of Topliss-reactive ketones (excluding diaryl/α,β-unsaturated/α-hetero) is 1. The summed E-state index contributed by atoms with van der Waals surface area (Å²) in [6.07, 6.45) is 2.67. The van der Waals surface area contributed by atoms with Crippen LogP contribution >= 0.6 is 0 Å². The van der Waals surface area contributed by atoms with Crippen molar-refractivity contribution in [1.82, 2.24) is 0 Å². The van der Waals surface area contributed by atoms with E-state index in [2.05, 4.69) is 6.92 Å². The van der Waals surface area contributed by atoms with Gasteiger partial charge < -0.3 is 14.2 Å². The maximum atomic E-state index is 12.4. The normalized spacial score (nSPS) is 46.1. The molecule has 0 amide bonds. The van der Waals surface area contributed by atoms with Crippen LogP contribution in [-0.2, 0) is 33.6 Å². The summed E-state index contributed by atoms with van der Waals surface area (Å²) in [7, 11) is 0. The zero-order valence-electron chi connectivity index (χ0n) is 18.1. The number of rotatable bonds is 5. The van der Waals surface area contributed by atoms with Crippen LogP contribution in [0.2, 0.25) is 0 Å². The molecule has 5 fully saturated rings. The van der Waals surface area contributed by atoms with Gasteiger partial charge in [0.25, 0.3) is 0 Å². The Labute approximate surface area is 172 Å². The Morgan fingerprint density at radius 1 is 1.07 bits per heavy atom. The van der Waals surface area contributed by atoms with Crippen molar-refractivity contribution in [3.63, 3.8) is 0 Å². The van der Waals surface area contributed by atoms with Gasteiger partial charge in [0, 0.05) is 30.6 Å². The monoisotopic (exact) mass is 410 g/mol. The molecule has 164 valence electrons. The predicted molar refractivity (Wildman–Crippen MR) is 102 cm³/mol. The van der Waals surface area contributed by atoms with Gasteiger partial charge >= 0.3 is 5.97 Å². The van der Waals surface area contributed by atoms with E-state index in [1.165, 1.54) is 0 Å². The minimum atomic E-state index is -0.851. The number of fused-ring (bicyclic) bond motifs is 2. The second-order valence-electron chi connectivity index (χ2n) is 9.88. The highest BCUT2D eigenvalue weighted by molar-refractivity contribution is 5.84. The summed E-state index contributed by atoms with van der Waals surface area (Å²) in [5, 5.41) is 0. The van der Waals surface area contributed by atoms with Crippen LogP contribution in [0.25, 0.3) is 0 Å². The Hall–Kier alpha value is -1.02. The number of carbonyl (C=O) groups excluding carboxylic acids is 2. The second-order valence-corrected chi connectivity index (χ2v) is 9.88. The minimum absolute atomic E-state index is 0.0549. The molecule has 0 aromatic rings. The van der Waals surface area contributed by atoms with Crippen LogP contribution in [0.15, 0.2) is 0 Å². The Morgan fingerprint density at radius 2 is 1.83 bits per heavy atom. The molecule has 7 nitrogen and oxygen atoms in total. The first-order valence-corrected chi connectivity index (χ1v) is 11.1. The van der Waals surface area contributed by atoms with Gasteiger partial charge in [0.15, 0.2) is 11.9 Å². The van der Waals surface area contributed by atoms with Crippen molar-refractivity contribution < 1.29 is 33.6 Å². The first-order valence-electron chi connectivity index (χ1n) is 11.1. The van der Waals surface area contributed by atoms with E-state index in [-0.39, 0.29) is 42.3 Å². The van der Waals surface area contributed by atoms with E-state index in [9.17, 15) is 9.59 Å². The molecule has 0 aromatic carbocycles. The third-order valence-corrected chi connectivity index (χ3v) is 7.56. The molecule has 4 heterocycles. The van der Waals surface area contributed by atoms with Gasteiger partial charge in [-0.2, -0.15) is 0 Å². The predicted octanol–water partition coefficient (Wildman–Crippen LogP) is 3.74. The van der Waals surface area contributed by atoms with E-state index in [0.717, 1.165) is 25.7 Å². The summed E-state index contributed by atoms with van der Waals surface area (Å²) in [5.74, 6) is -0.463. The van der Waals surface area contributed by atoms with Crippen molar-refractivity contribution in [1.29, 1.82) is 0 Å². The summed E-state index contributed by atoms with van der Waals surface area (Å²) in [4.78, 5) is 36.1. The Morgan fingerprint density at radius 3 is 2.55 bits per heavy atom. The fraction of sp³-hybridized carbons (Fsp3) is 0.909. The smallest absolute Gasteiger partial charge is 0.308 e. The van der Waals surface area contributed by atoms with Crippen molar-refractivity contribution in [2.75, 3.05) is 0 Å². The lowest BCUT2D eigenvalue weighted by molar-refractivity contribution is -0.576. The molecular formula is C22H34O7. The van der Waals surface area contributed by atoms with Gasteiger partial charge in [-0.15, -0.1) is 0 Å². The van der Waals surface area contributed by atoms with Crippen LogP contribution in [0.4, 0.5) is 0 Å². The number of esters is 1. The molecule has 4 aliphatic heterocycles. The van der Waals surface area contributed by atoms with Crippen LogP contribution in [0.1, 0.15) is 73.1 Å². The van der Waals surface area contributed by atoms with E-state index in [0.29, 0.717) is 5.92 Å². The van der Waals surface area contributed by atoms with Crippen molar-refractivity contribution >= 4 is 11.8 Å². The molecular weight excluding hydrogens is 376 g/mol. The fourth-order valence-corrected chi connectivity index (χ4v) is 5.71. The number of hydrogen-bond acceptors (Lipinski definition) is 7. The molecule has 2 bridgehead atoms. The third-order valence-electron chi connectivity index (χ3n) is 7.56. The van der Waals surface area contributed by atoms with Gasteiger partial charge in [-0.1, -0.05) is 27.7 Å². The van der Waals surface area contributed by atoms with Gasteiger partial charge in [0.05, 0.1) is 6.42 Å². The molecule has 1 spiro atoms. The molecule has 29 heavy (non-hydrogen) atoms. The number of hydrogen-bond donors (Lipinski definition) is 0. The Bertz CT molecular complexity index is 664. The van der Waals surface area contributed by atoms with Crippen molar-refractivity contribution in [2.24, 2.45) is 29.6 Å². The average molecular weight is 411 g/mol. The summed E-state index contributed by atoms with van der Waals surface area (Å²) in [6, 6.07) is 0.